The van der Waals surface area contributed by atoms with Crippen LogP contribution in [0.25, 0.3) is 0 Å². The van der Waals surface area contributed by atoms with Gasteiger partial charge in [0.2, 0.25) is 0 Å². The van der Waals surface area contributed by atoms with Crippen LogP contribution in [0.3, 0.4) is 0 Å². The highest BCUT2D eigenvalue weighted by molar-refractivity contribution is 5.85. The first kappa shape index (κ1) is 13.5. The second-order valence-corrected chi connectivity index (χ2v) is 2.24. The van der Waals surface area contributed by atoms with Gasteiger partial charge in [0.1, 0.15) is 0 Å². The fraction of sp³-hybridized carbons (Fsp3) is 0.750. The lowest BCUT2D eigenvalue weighted by Gasteiger charge is -2.17. The first-order chi connectivity index (χ1) is 4.85. The molecule has 0 atom stereocenters. The van der Waals surface area contributed by atoms with Crippen molar-refractivity contribution in [2.24, 2.45) is 0 Å². The minimum atomic E-state index is 0. The zero-order chi connectivity index (χ0) is 7.82. The lowest BCUT2D eigenvalue weighted by Crippen LogP contribution is -2.27. The molecule has 0 fully saturated rings. The molecule has 0 saturated carbocycles. The average molecular weight is 180 g/mol. The van der Waals surface area contributed by atoms with Gasteiger partial charge in [-0.05, 0) is 13.0 Å². The van der Waals surface area contributed by atoms with Gasteiger partial charge in [-0.1, -0.05) is 13.0 Å². The van der Waals surface area contributed by atoms with Gasteiger partial charge in [0, 0.05) is 13.1 Å². The Bertz CT molecular complexity index is 88.2. The van der Waals surface area contributed by atoms with Crippen LogP contribution < -0.4 is 0 Å². The second kappa shape index (κ2) is 9.95. The van der Waals surface area contributed by atoms with E-state index in [4.69, 9.17) is 5.11 Å². The molecule has 0 amide bonds. The van der Waals surface area contributed by atoms with Gasteiger partial charge in [-0.25, -0.2) is 0 Å². The lowest BCUT2D eigenvalue weighted by atomic mass is 10.3. The van der Waals surface area contributed by atoms with Crippen molar-refractivity contribution < 1.29 is 5.11 Å². The van der Waals surface area contributed by atoms with Crippen LogP contribution in [0.5, 0.6) is 0 Å². The Hall–Kier alpha value is -0.0500. The smallest absolute Gasteiger partial charge is 0.0558 e. The zero-order valence-electron chi connectivity index (χ0n) is 7.12. The summed E-state index contributed by atoms with van der Waals surface area (Å²) in [5.41, 5.74) is 0. The van der Waals surface area contributed by atoms with Crippen LogP contribution in [-0.2, 0) is 0 Å². The Morgan fingerprint density at radius 1 is 1.45 bits per heavy atom. The van der Waals surface area contributed by atoms with Crippen LogP contribution in [0.1, 0.15) is 13.3 Å². The van der Waals surface area contributed by atoms with Gasteiger partial charge in [0.15, 0.2) is 0 Å². The highest BCUT2D eigenvalue weighted by Crippen LogP contribution is 1.89. The largest absolute Gasteiger partial charge is 0.395 e. The molecule has 0 aromatic carbocycles. The maximum atomic E-state index is 8.60. The van der Waals surface area contributed by atoms with E-state index in [2.05, 4.69) is 18.4 Å². The van der Waals surface area contributed by atoms with Gasteiger partial charge >= 0.3 is 0 Å². The Balaban J connectivity index is 0. The average Bonchev–Trinajstić information content (AvgIpc) is 1.98. The molecule has 0 bridgehead atoms. The molecule has 11 heavy (non-hydrogen) atoms. The van der Waals surface area contributed by atoms with E-state index in [9.17, 15) is 0 Å². The van der Waals surface area contributed by atoms with E-state index in [-0.39, 0.29) is 19.0 Å². The zero-order valence-corrected chi connectivity index (χ0v) is 7.94. The third kappa shape index (κ3) is 7.85. The predicted octanol–water partition coefficient (Wildman–Crippen LogP) is 1.30. The van der Waals surface area contributed by atoms with Crippen molar-refractivity contribution in [3.8, 4) is 0 Å². The molecule has 0 aliphatic rings. The minimum absolute atomic E-state index is 0. The number of rotatable bonds is 6. The summed E-state index contributed by atoms with van der Waals surface area (Å²) in [6, 6.07) is 0. The lowest BCUT2D eigenvalue weighted by molar-refractivity contribution is 0.204. The molecule has 0 aliphatic carbocycles. The van der Waals surface area contributed by atoms with Crippen molar-refractivity contribution in [1.29, 1.82) is 0 Å². The van der Waals surface area contributed by atoms with E-state index in [1.54, 1.807) is 0 Å². The normalized spacial score (nSPS) is 9.36. The van der Waals surface area contributed by atoms with Crippen molar-refractivity contribution in [2.45, 2.75) is 13.3 Å². The molecular weight excluding hydrogens is 162 g/mol. The van der Waals surface area contributed by atoms with Crippen LogP contribution in [0, 0.1) is 0 Å². The summed E-state index contributed by atoms with van der Waals surface area (Å²) >= 11 is 0. The third-order valence-corrected chi connectivity index (χ3v) is 1.51. The summed E-state index contributed by atoms with van der Waals surface area (Å²) < 4.78 is 0. The highest BCUT2D eigenvalue weighted by Gasteiger charge is 1.97. The number of hydrogen-bond acceptors (Lipinski definition) is 2. The maximum absolute atomic E-state index is 8.60. The van der Waals surface area contributed by atoms with Gasteiger partial charge in [-0.15, -0.1) is 19.0 Å². The Labute approximate surface area is 75.3 Å². The summed E-state index contributed by atoms with van der Waals surface area (Å²) in [4.78, 5) is 2.20. The molecular formula is C8H18ClNO. The molecule has 0 aromatic rings. The highest BCUT2D eigenvalue weighted by atomic mass is 35.5. The third-order valence-electron chi connectivity index (χ3n) is 1.51. The Morgan fingerprint density at radius 3 is 2.45 bits per heavy atom. The SMILES string of the molecule is C=CCCN(CC)CCO.Cl. The molecule has 0 heterocycles. The molecule has 0 rings (SSSR count). The van der Waals surface area contributed by atoms with E-state index >= 15 is 0 Å². The molecule has 2 nitrogen and oxygen atoms in total. The van der Waals surface area contributed by atoms with Gasteiger partial charge in [-0.3, -0.25) is 0 Å². The molecule has 3 heteroatoms. The molecule has 0 aromatic heterocycles. The first-order valence-electron chi connectivity index (χ1n) is 3.79. The summed E-state index contributed by atoms with van der Waals surface area (Å²) in [7, 11) is 0. The van der Waals surface area contributed by atoms with Crippen molar-refractivity contribution in [3.63, 3.8) is 0 Å². The minimum Gasteiger partial charge on any atom is -0.395 e. The van der Waals surface area contributed by atoms with Crippen LogP contribution in [-0.4, -0.2) is 36.2 Å². The number of halogens is 1. The Morgan fingerprint density at radius 2 is 2.09 bits per heavy atom. The van der Waals surface area contributed by atoms with Crippen LogP contribution >= 0.6 is 12.4 Å². The maximum Gasteiger partial charge on any atom is 0.0558 e. The van der Waals surface area contributed by atoms with Gasteiger partial charge in [0.25, 0.3) is 0 Å². The number of likely N-dealkylation sites (N-methyl/N-ethyl adjacent to an activating group) is 1. The molecule has 68 valence electrons. The second-order valence-electron chi connectivity index (χ2n) is 2.24. The summed E-state index contributed by atoms with van der Waals surface area (Å²) in [5, 5.41) is 8.60. The van der Waals surface area contributed by atoms with E-state index < -0.39 is 0 Å². The number of aliphatic hydroxyl groups is 1. The predicted molar refractivity (Wildman–Crippen MR) is 51.3 cm³/mol. The summed E-state index contributed by atoms with van der Waals surface area (Å²) in [6.07, 6.45) is 2.91. The summed E-state index contributed by atoms with van der Waals surface area (Å²) in [5.74, 6) is 0. The molecule has 0 spiro atoms. The molecule has 0 radical (unpaired) electrons. The van der Waals surface area contributed by atoms with Gasteiger partial charge in [-0.2, -0.15) is 0 Å². The molecule has 0 saturated heterocycles. The van der Waals surface area contributed by atoms with Crippen LogP contribution in [0.4, 0.5) is 0 Å². The molecule has 0 aliphatic heterocycles. The van der Waals surface area contributed by atoms with Crippen LogP contribution in [0.2, 0.25) is 0 Å². The van der Waals surface area contributed by atoms with Crippen molar-refractivity contribution in [2.75, 3.05) is 26.2 Å². The fourth-order valence-electron chi connectivity index (χ4n) is 0.843. The monoisotopic (exact) mass is 179 g/mol. The number of aliphatic hydroxyl groups excluding tert-OH is 1. The van der Waals surface area contributed by atoms with E-state index in [1.165, 1.54) is 0 Å². The van der Waals surface area contributed by atoms with E-state index in [1.807, 2.05) is 6.08 Å². The standard InChI is InChI=1S/C8H17NO.ClH/c1-3-5-6-9(4-2)7-8-10;/h3,10H,1,4-8H2,2H3;1H. The van der Waals surface area contributed by atoms with Crippen molar-refractivity contribution in [1.82, 2.24) is 4.90 Å². The molecule has 1 N–H and O–H groups in total. The number of nitrogens with zero attached hydrogens (tertiary/aromatic N) is 1. The van der Waals surface area contributed by atoms with E-state index in [0.29, 0.717) is 0 Å². The quantitative estimate of drug-likeness (QED) is 0.622. The number of hydrogen-bond donors (Lipinski definition) is 1. The van der Waals surface area contributed by atoms with Gasteiger partial charge < -0.3 is 10.0 Å². The van der Waals surface area contributed by atoms with Gasteiger partial charge in [0.05, 0.1) is 6.61 Å². The Kier molecular flexibility index (Phi) is 12.2. The van der Waals surface area contributed by atoms with Crippen molar-refractivity contribution in [3.05, 3.63) is 12.7 Å². The fourth-order valence-corrected chi connectivity index (χ4v) is 0.843. The van der Waals surface area contributed by atoms with Crippen LogP contribution in [0.15, 0.2) is 12.7 Å². The first-order valence-corrected chi connectivity index (χ1v) is 3.79. The topological polar surface area (TPSA) is 23.5 Å². The van der Waals surface area contributed by atoms with Crippen molar-refractivity contribution >= 4 is 12.4 Å². The van der Waals surface area contributed by atoms with E-state index in [0.717, 1.165) is 26.1 Å². The summed E-state index contributed by atoms with van der Waals surface area (Å²) in [6.45, 7) is 8.79. The molecule has 0 unspecified atom stereocenters.